The first-order valence-corrected chi connectivity index (χ1v) is 8.45. The zero-order valence-electron chi connectivity index (χ0n) is 13.3. The monoisotopic (exact) mass is 364 g/mol. The maximum absolute atomic E-state index is 11.9. The first-order valence-electron chi connectivity index (χ1n) is 7.26. The first-order chi connectivity index (χ1) is 11.3. The third kappa shape index (κ3) is 4.21. The number of hydrogen-bond donors (Lipinski definition) is 3. The van der Waals surface area contributed by atoms with E-state index in [-0.39, 0.29) is 18.7 Å². The summed E-state index contributed by atoms with van der Waals surface area (Å²) in [6, 6.07) is 6.94. The molecular weight excluding hydrogens is 348 g/mol. The molecule has 0 unspecified atom stereocenters. The van der Waals surface area contributed by atoms with Gasteiger partial charge in [-0.1, -0.05) is 23.7 Å². The quantitative estimate of drug-likeness (QED) is 0.669. The van der Waals surface area contributed by atoms with E-state index in [0.717, 1.165) is 10.4 Å². The highest BCUT2D eigenvalue weighted by Gasteiger charge is 2.19. The van der Waals surface area contributed by atoms with Crippen molar-refractivity contribution in [1.29, 1.82) is 5.41 Å². The summed E-state index contributed by atoms with van der Waals surface area (Å²) < 4.78 is 0. The Labute approximate surface area is 148 Å². The van der Waals surface area contributed by atoms with Crippen LogP contribution in [0.4, 0.5) is 5.00 Å². The number of benzene rings is 1. The summed E-state index contributed by atoms with van der Waals surface area (Å²) in [4.78, 5) is 23.5. The fourth-order valence-corrected chi connectivity index (χ4v) is 3.40. The molecular formula is C17H17ClN2O3S. The minimum atomic E-state index is -1.02. The number of amides is 1. The van der Waals surface area contributed by atoms with Gasteiger partial charge in [-0.25, -0.2) is 0 Å². The maximum atomic E-state index is 11.9. The van der Waals surface area contributed by atoms with Crippen molar-refractivity contribution in [3.05, 3.63) is 50.9 Å². The Morgan fingerprint density at radius 1 is 1.21 bits per heavy atom. The summed E-state index contributed by atoms with van der Waals surface area (Å²) in [5.74, 6) is -1.39. The number of thiophene rings is 1. The Kier molecular flexibility index (Phi) is 5.75. The molecule has 24 heavy (non-hydrogen) atoms. The molecule has 0 aliphatic heterocycles. The van der Waals surface area contributed by atoms with Crippen molar-refractivity contribution in [2.45, 2.75) is 26.7 Å². The lowest BCUT2D eigenvalue weighted by Crippen LogP contribution is -2.15. The molecule has 1 amide bonds. The molecule has 0 aliphatic carbocycles. The van der Waals surface area contributed by atoms with Crippen LogP contribution in [-0.4, -0.2) is 22.7 Å². The van der Waals surface area contributed by atoms with Crippen LogP contribution in [0.2, 0.25) is 5.02 Å². The minimum Gasteiger partial charge on any atom is -0.481 e. The molecule has 0 spiro atoms. The maximum Gasteiger partial charge on any atom is 0.303 e. The van der Waals surface area contributed by atoms with Crippen LogP contribution >= 0.6 is 22.9 Å². The van der Waals surface area contributed by atoms with E-state index in [0.29, 0.717) is 26.9 Å². The number of aliphatic carboxylic acids is 1. The van der Waals surface area contributed by atoms with E-state index in [1.165, 1.54) is 11.3 Å². The Balaban J connectivity index is 2.29. The average Bonchev–Trinajstić information content (AvgIpc) is 2.79. The van der Waals surface area contributed by atoms with E-state index < -0.39 is 5.97 Å². The van der Waals surface area contributed by atoms with Crippen LogP contribution in [-0.2, 0) is 9.59 Å². The molecule has 0 bridgehead atoms. The van der Waals surface area contributed by atoms with Crippen LogP contribution in [0.1, 0.15) is 34.4 Å². The van der Waals surface area contributed by atoms with Gasteiger partial charge in [0.2, 0.25) is 5.91 Å². The summed E-state index contributed by atoms with van der Waals surface area (Å²) >= 11 is 7.27. The van der Waals surface area contributed by atoms with Gasteiger partial charge in [-0.2, -0.15) is 0 Å². The molecule has 126 valence electrons. The predicted octanol–water partition coefficient (Wildman–Crippen LogP) is 4.24. The molecule has 0 saturated heterocycles. The Hall–Kier alpha value is -2.18. The molecule has 2 rings (SSSR count). The Morgan fingerprint density at radius 3 is 2.42 bits per heavy atom. The average molecular weight is 365 g/mol. The molecule has 0 fully saturated rings. The van der Waals surface area contributed by atoms with Gasteiger partial charge in [0, 0.05) is 27.4 Å². The fraction of sp³-hybridized carbons (Fsp3) is 0.235. The molecule has 1 aromatic carbocycles. The van der Waals surface area contributed by atoms with Crippen molar-refractivity contribution in [3.63, 3.8) is 0 Å². The number of carboxylic acids is 1. The zero-order chi connectivity index (χ0) is 17.9. The van der Waals surface area contributed by atoms with E-state index in [1.54, 1.807) is 24.3 Å². The van der Waals surface area contributed by atoms with Crippen LogP contribution in [0.25, 0.3) is 0 Å². The second-order valence-electron chi connectivity index (χ2n) is 5.31. The van der Waals surface area contributed by atoms with Gasteiger partial charge in [-0.3, -0.25) is 15.0 Å². The van der Waals surface area contributed by atoms with E-state index in [2.05, 4.69) is 5.32 Å². The molecule has 0 atom stereocenters. The van der Waals surface area contributed by atoms with Gasteiger partial charge >= 0.3 is 5.97 Å². The molecule has 3 N–H and O–H groups in total. The topological polar surface area (TPSA) is 90.2 Å². The van der Waals surface area contributed by atoms with E-state index in [9.17, 15) is 9.59 Å². The number of hydrogen-bond acceptors (Lipinski definition) is 4. The number of carbonyl (C=O) groups is 2. The van der Waals surface area contributed by atoms with E-state index in [1.807, 2.05) is 13.8 Å². The number of carbonyl (C=O) groups excluding carboxylic acids is 1. The zero-order valence-corrected chi connectivity index (χ0v) is 14.8. The number of aryl methyl sites for hydroxylation is 1. The number of halogens is 1. The van der Waals surface area contributed by atoms with Crippen molar-refractivity contribution in [3.8, 4) is 0 Å². The van der Waals surface area contributed by atoms with Crippen molar-refractivity contribution in [2.75, 3.05) is 5.32 Å². The largest absolute Gasteiger partial charge is 0.481 e. The third-order valence-electron chi connectivity index (χ3n) is 3.59. The summed E-state index contributed by atoms with van der Waals surface area (Å²) in [6.07, 6.45) is -0.321. The van der Waals surface area contributed by atoms with E-state index >= 15 is 0 Å². The molecule has 0 radical (unpaired) electrons. The second kappa shape index (κ2) is 7.59. The Bertz CT molecular complexity index is 797. The summed E-state index contributed by atoms with van der Waals surface area (Å²) in [5, 5.41) is 21.0. The fourth-order valence-electron chi connectivity index (χ4n) is 2.19. The second-order valence-corrected chi connectivity index (χ2v) is 6.97. The lowest BCUT2D eigenvalue weighted by molar-refractivity contribution is -0.138. The standard InChI is InChI=1S/C17H17ClN2O3S/c1-9-10(2)24-17(20-13(21)7-8-14(22)23)15(9)16(19)11-3-5-12(18)6-4-11/h3-6,19H,7-8H2,1-2H3,(H,20,21)(H,22,23). The van der Waals surface area contributed by atoms with Crippen molar-refractivity contribution >= 4 is 45.5 Å². The van der Waals surface area contributed by atoms with E-state index in [4.69, 9.17) is 22.1 Å². The van der Waals surface area contributed by atoms with Crippen molar-refractivity contribution in [2.24, 2.45) is 0 Å². The first kappa shape index (κ1) is 18.2. The third-order valence-corrected chi connectivity index (χ3v) is 4.96. The highest BCUT2D eigenvalue weighted by atomic mass is 35.5. The highest BCUT2D eigenvalue weighted by molar-refractivity contribution is 7.16. The van der Waals surface area contributed by atoms with Gasteiger partial charge in [0.15, 0.2) is 0 Å². The molecule has 0 aliphatic rings. The minimum absolute atomic E-state index is 0.0982. The molecule has 1 heterocycles. The molecule has 2 aromatic rings. The molecule has 5 nitrogen and oxygen atoms in total. The number of carboxylic acid groups (broad SMARTS) is 1. The van der Waals surface area contributed by atoms with Gasteiger partial charge in [-0.05, 0) is 31.5 Å². The molecule has 1 aromatic heterocycles. The van der Waals surface area contributed by atoms with Crippen LogP contribution in [0.5, 0.6) is 0 Å². The smallest absolute Gasteiger partial charge is 0.303 e. The number of nitrogens with one attached hydrogen (secondary N) is 2. The Morgan fingerprint density at radius 2 is 1.83 bits per heavy atom. The SMILES string of the molecule is Cc1sc(NC(=O)CCC(=O)O)c(C(=N)c2ccc(Cl)cc2)c1C. The van der Waals surface area contributed by atoms with Crippen LogP contribution < -0.4 is 5.32 Å². The van der Waals surface area contributed by atoms with Gasteiger partial charge in [0.1, 0.15) is 5.00 Å². The van der Waals surface area contributed by atoms with Gasteiger partial charge in [-0.15, -0.1) is 11.3 Å². The van der Waals surface area contributed by atoms with Crippen molar-refractivity contribution in [1.82, 2.24) is 0 Å². The van der Waals surface area contributed by atoms with Crippen molar-refractivity contribution < 1.29 is 14.7 Å². The van der Waals surface area contributed by atoms with Gasteiger partial charge in [0.25, 0.3) is 0 Å². The lowest BCUT2D eigenvalue weighted by Gasteiger charge is -2.09. The summed E-state index contributed by atoms with van der Waals surface area (Å²) in [5.41, 5.74) is 2.57. The summed E-state index contributed by atoms with van der Waals surface area (Å²) in [7, 11) is 0. The van der Waals surface area contributed by atoms with Crippen LogP contribution in [0.15, 0.2) is 24.3 Å². The summed E-state index contributed by atoms with van der Waals surface area (Å²) in [6.45, 7) is 3.82. The van der Waals surface area contributed by atoms with Gasteiger partial charge < -0.3 is 10.4 Å². The molecule has 7 heteroatoms. The van der Waals surface area contributed by atoms with Crippen LogP contribution in [0, 0.1) is 19.3 Å². The van der Waals surface area contributed by atoms with Gasteiger partial charge in [0.05, 0.1) is 12.1 Å². The number of anilines is 1. The number of rotatable bonds is 6. The predicted molar refractivity (Wildman–Crippen MR) is 96.7 cm³/mol. The molecule has 0 saturated carbocycles. The van der Waals surface area contributed by atoms with Crippen LogP contribution in [0.3, 0.4) is 0 Å². The lowest BCUT2D eigenvalue weighted by atomic mass is 10.0. The normalized spacial score (nSPS) is 10.5. The highest BCUT2D eigenvalue weighted by Crippen LogP contribution is 2.34.